The lowest BCUT2D eigenvalue weighted by Crippen LogP contribution is -2.51. The van der Waals surface area contributed by atoms with E-state index >= 15 is 0 Å². The zero-order valence-electron chi connectivity index (χ0n) is 19.6. The molecule has 1 atom stereocenters. The van der Waals surface area contributed by atoms with Gasteiger partial charge in [0.2, 0.25) is 5.91 Å². The molecule has 0 bridgehead atoms. The Morgan fingerprint density at radius 3 is 2.38 bits per heavy atom. The summed E-state index contributed by atoms with van der Waals surface area (Å²) < 4.78 is 5.91. The molecule has 7 heteroatoms. The van der Waals surface area contributed by atoms with Gasteiger partial charge in [0.1, 0.15) is 11.8 Å². The van der Waals surface area contributed by atoms with Crippen molar-refractivity contribution in [1.29, 1.82) is 0 Å². The zero-order chi connectivity index (χ0) is 24.0. The van der Waals surface area contributed by atoms with Gasteiger partial charge in [0.25, 0.3) is 5.91 Å². The van der Waals surface area contributed by atoms with E-state index in [-0.39, 0.29) is 31.0 Å². The minimum absolute atomic E-state index is 0.0400. The van der Waals surface area contributed by atoms with Crippen LogP contribution in [-0.4, -0.2) is 35.4 Å². The third kappa shape index (κ3) is 6.88. The maximum Gasteiger partial charge on any atom is 0.261 e. The van der Waals surface area contributed by atoms with Crippen molar-refractivity contribution < 1.29 is 14.3 Å². The van der Waals surface area contributed by atoms with Crippen LogP contribution in [0.25, 0.3) is 0 Å². The minimum Gasteiger partial charge on any atom is -0.483 e. The summed E-state index contributed by atoms with van der Waals surface area (Å²) in [4.78, 5) is 27.7. The molecular formula is C25H32Cl2N2O3. The summed E-state index contributed by atoms with van der Waals surface area (Å²) in [5.74, 6) is 0.170. The molecule has 1 N–H and O–H groups in total. The summed E-state index contributed by atoms with van der Waals surface area (Å²) in [7, 11) is 0. The van der Waals surface area contributed by atoms with Crippen LogP contribution in [0, 0.1) is 20.8 Å². The van der Waals surface area contributed by atoms with Gasteiger partial charge < -0.3 is 15.0 Å². The molecule has 5 nitrogen and oxygen atoms in total. The van der Waals surface area contributed by atoms with Crippen LogP contribution in [0.1, 0.15) is 49.4 Å². The molecule has 2 aromatic carbocycles. The highest BCUT2D eigenvalue weighted by atomic mass is 35.5. The maximum absolute atomic E-state index is 13.3. The number of aryl methyl sites for hydroxylation is 2. The Labute approximate surface area is 201 Å². The highest BCUT2D eigenvalue weighted by Gasteiger charge is 2.30. The Morgan fingerprint density at radius 2 is 1.78 bits per heavy atom. The molecule has 0 heterocycles. The smallest absolute Gasteiger partial charge is 0.261 e. The molecule has 0 aliphatic carbocycles. The number of hydrogen-bond donors (Lipinski definition) is 1. The van der Waals surface area contributed by atoms with Gasteiger partial charge >= 0.3 is 0 Å². The average molecular weight is 479 g/mol. The van der Waals surface area contributed by atoms with Crippen molar-refractivity contribution in [3.63, 3.8) is 0 Å². The Hall–Kier alpha value is -2.24. The fraction of sp³-hybridized carbons (Fsp3) is 0.440. The third-order valence-corrected chi connectivity index (χ3v) is 5.87. The summed E-state index contributed by atoms with van der Waals surface area (Å²) in [6.45, 7) is 11.6. The van der Waals surface area contributed by atoms with Crippen LogP contribution in [0.3, 0.4) is 0 Å². The van der Waals surface area contributed by atoms with Crippen LogP contribution >= 0.6 is 23.2 Å². The van der Waals surface area contributed by atoms with Crippen LogP contribution in [0.4, 0.5) is 0 Å². The van der Waals surface area contributed by atoms with E-state index in [0.717, 1.165) is 16.7 Å². The first kappa shape index (κ1) is 26.0. The number of nitrogens with zero attached hydrogens (tertiary/aromatic N) is 1. The lowest BCUT2D eigenvalue weighted by Gasteiger charge is -2.31. The number of carbonyl (C=O) groups is 2. The van der Waals surface area contributed by atoms with Crippen LogP contribution < -0.4 is 10.1 Å². The van der Waals surface area contributed by atoms with Crippen LogP contribution in [0.2, 0.25) is 10.0 Å². The summed E-state index contributed by atoms with van der Waals surface area (Å²) in [6.07, 6.45) is 0.456. The second-order valence-corrected chi connectivity index (χ2v) is 9.18. The number of ether oxygens (including phenoxy) is 1. The number of nitrogens with one attached hydrogen (secondary N) is 1. The molecular weight excluding hydrogens is 447 g/mol. The molecule has 2 rings (SSSR count). The fourth-order valence-corrected chi connectivity index (χ4v) is 3.98. The van der Waals surface area contributed by atoms with Crippen LogP contribution in [0.5, 0.6) is 5.75 Å². The Kier molecular flexibility index (Phi) is 9.41. The van der Waals surface area contributed by atoms with Gasteiger partial charge in [-0.05, 0) is 81.5 Å². The molecule has 32 heavy (non-hydrogen) atoms. The summed E-state index contributed by atoms with van der Waals surface area (Å²) in [5.41, 5.74) is 3.85. The predicted octanol–water partition coefficient (Wildman–Crippen LogP) is 5.63. The van der Waals surface area contributed by atoms with Crippen LogP contribution in [0.15, 0.2) is 30.3 Å². The SMILES string of the molecule is CC[C@@H](C(=O)NC(C)C)N(Cc1ccc(Cl)cc1Cl)C(=O)COc1cc(C)cc(C)c1C. The molecule has 174 valence electrons. The highest BCUT2D eigenvalue weighted by molar-refractivity contribution is 6.35. The predicted molar refractivity (Wildman–Crippen MR) is 131 cm³/mol. The van der Waals surface area contributed by atoms with Gasteiger partial charge in [-0.25, -0.2) is 0 Å². The monoisotopic (exact) mass is 478 g/mol. The Balaban J connectivity index is 2.31. The molecule has 0 spiro atoms. The van der Waals surface area contributed by atoms with E-state index in [1.807, 2.05) is 47.6 Å². The van der Waals surface area contributed by atoms with Gasteiger partial charge in [0, 0.05) is 22.6 Å². The van der Waals surface area contributed by atoms with Gasteiger partial charge in [-0.2, -0.15) is 0 Å². The summed E-state index contributed by atoms with van der Waals surface area (Å²) in [5, 5.41) is 3.86. The molecule has 0 aliphatic heterocycles. The molecule has 2 amide bonds. The van der Waals surface area contributed by atoms with E-state index in [4.69, 9.17) is 27.9 Å². The first-order valence-electron chi connectivity index (χ1n) is 10.8. The first-order chi connectivity index (χ1) is 15.0. The van der Waals surface area contributed by atoms with E-state index in [1.165, 1.54) is 4.90 Å². The van der Waals surface area contributed by atoms with Crippen LogP contribution in [-0.2, 0) is 16.1 Å². The van der Waals surface area contributed by atoms with E-state index < -0.39 is 6.04 Å². The second-order valence-electron chi connectivity index (χ2n) is 8.34. The normalized spacial score (nSPS) is 11.9. The molecule has 0 aliphatic rings. The number of halogens is 2. The highest BCUT2D eigenvalue weighted by Crippen LogP contribution is 2.25. The van der Waals surface area contributed by atoms with Crippen molar-refractivity contribution in [2.24, 2.45) is 0 Å². The largest absolute Gasteiger partial charge is 0.483 e. The molecule has 0 radical (unpaired) electrons. The Bertz CT molecular complexity index is 976. The summed E-state index contributed by atoms with van der Waals surface area (Å²) >= 11 is 12.4. The van der Waals surface area contributed by atoms with Crippen molar-refractivity contribution in [3.05, 3.63) is 62.6 Å². The molecule has 0 unspecified atom stereocenters. The third-order valence-electron chi connectivity index (χ3n) is 5.29. The van der Waals surface area contributed by atoms with E-state index in [1.54, 1.807) is 18.2 Å². The number of rotatable bonds is 9. The molecule has 0 aromatic heterocycles. The molecule has 0 saturated carbocycles. The molecule has 0 fully saturated rings. The second kappa shape index (κ2) is 11.6. The quantitative estimate of drug-likeness (QED) is 0.507. The molecule has 2 aromatic rings. The van der Waals surface area contributed by atoms with Crippen molar-refractivity contribution in [3.8, 4) is 5.75 Å². The van der Waals surface area contributed by atoms with E-state index in [2.05, 4.69) is 11.4 Å². The van der Waals surface area contributed by atoms with Gasteiger partial charge in [0.15, 0.2) is 6.61 Å². The fourth-order valence-electron chi connectivity index (χ4n) is 3.51. The average Bonchev–Trinajstić information content (AvgIpc) is 2.70. The van der Waals surface area contributed by atoms with Crippen molar-refractivity contribution in [2.75, 3.05) is 6.61 Å². The van der Waals surface area contributed by atoms with Gasteiger partial charge in [-0.3, -0.25) is 9.59 Å². The lowest BCUT2D eigenvalue weighted by atomic mass is 10.1. The van der Waals surface area contributed by atoms with Crippen molar-refractivity contribution >= 4 is 35.0 Å². The number of amides is 2. The zero-order valence-corrected chi connectivity index (χ0v) is 21.1. The number of hydrogen-bond acceptors (Lipinski definition) is 3. The standard InChI is InChI=1S/C25H32Cl2N2O3/c1-7-22(25(31)28-15(2)3)29(13-19-8-9-20(26)12-21(19)27)24(30)14-32-23-11-16(4)10-17(5)18(23)6/h8-12,15,22H,7,13-14H2,1-6H3,(H,28,31)/t22-/m0/s1. The van der Waals surface area contributed by atoms with Gasteiger partial charge in [-0.1, -0.05) is 42.3 Å². The van der Waals surface area contributed by atoms with Crippen molar-refractivity contribution in [2.45, 2.75) is 66.6 Å². The molecule has 0 saturated heterocycles. The van der Waals surface area contributed by atoms with Gasteiger partial charge in [-0.15, -0.1) is 0 Å². The summed E-state index contributed by atoms with van der Waals surface area (Å²) in [6, 6.07) is 8.41. The topological polar surface area (TPSA) is 58.6 Å². The van der Waals surface area contributed by atoms with E-state index in [9.17, 15) is 9.59 Å². The lowest BCUT2D eigenvalue weighted by molar-refractivity contribution is -0.143. The minimum atomic E-state index is -0.652. The van der Waals surface area contributed by atoms with E-state index in [0.29, 0.717) is 27.8 Å². The Morgan fingerprint density at radius 1 is 1.09 bits per heavy atom. The maximum atomic E-state index is 13.3. The number of benzene rings is 2. The van der Waals surface area contributed by atoms with Crippen molar-refractivity contribution in [1.82, 2.24) is 10.2 Å². The van der Waals surface area contributed by atoms with Gasteiger partial charge in [0.05, 0.1) is 0 Å². The first-order valence-corrected chi connectivity index (χ1v) is 11.5. The number of carbonyl (C=O) groups excluding carboxylic acids is 2.